The highest BCUT2D eigenvalue weighted by molar-refractivity contribution is 9.10. The molecule has 0 aliphatic carbocycles. The van der Waals surface area contributed by atoms with E-state index in [-0.39, 0.29) is 11.1 Å². The predicted octanol–water partition coefficient (Wildman–Crippen LogP) is 3.26. The molecule has 0 aliphatic rings. The molecule has 1 rings (SSSR count). The highest BCUT2D eigenvalue weighted by Gasteiger charge is 2.10. The predicted molar refractivity (Wildman–Crippen MR) is 51.7 cm³/mol. The van der Waals surface area contributed by atoms with E-state index in [4.69, 9.17) is 17.3 Å². The van der Waals surface area contributed by atoms with E-state index in [2.05, 4.69) is 15.9 Å². The minimum absolute atomic E-state index is 0.105. The molecule has 66 valence electrons. The number of rotatable bonds is 1. The van der Waals surface area contributed by atoms with Crippen LogP contribution in [0.2, 0.25) is 5.02 Å². The molecule has 0 bridgehead atoms. The SMILES string of the molecule is CC(N)c1cc(Br)cc(F)c1Cl. The van der Waals surface area contributed by atoms with Gasteiger partial charge in [0.2, 0.25) is 0 Å². The monoisotopic (exact) mass is 251 g/mol. The van der Waals surface area contributed by atoms with Gasteiger partial charge in [-0.05, 0) is 24.6 Å². The molecule has 0 heterocycles. The van der Waals surface area contributed by atoms with Gasteiger partial charge in [0.05, 0.1) is 5.02 Å². The first-order valence-corrected chi connectivity index (χ1v) is 4.59. The molecule has 0 saturated carbocycles. The Morgan fingerprint density at radius 2 is 2.17 bits per heavy atom. The van der Waals surface area contributed by atoms with Crippen LogP contribution in [0.15, 0.2) is 16.6 Å². The molecule has 1 nitrogen and oxygen atoms in total. The van der Waals surface area contributed by atoms with Crippen molar-refractivity contribution in [1.82, 2.24) is 0 Å². The molecule has 0 fully saturated rings. The minimum atomic E-state index is -0.446. The molecule has 2 N–H and O–H groups in total. The summed E-state index contributed by atoms with van der Waals surface area (Å²) in [6, 6.07) is 2.77. The molecular formula is C8H8BrClFN. The quantitative estimate of drug-likeness (QED) is 0.763. The van der Waals surface area contributed by atoms with E-state index in [9.17, 15) is 4.39 Å². The van der Waals surface area contributed by atoms with Crippen molar-refractivity contribution in [1.29, 1.82) is 0 Å². The smallest absolute Gasteiger partial charge is 0.143 e. The van der Waals surface area contributed by atoms with Gasteiger partial charge < -0.3 is 5.73 Å². The average molecular weight is 253 g/mol. The van der Waals surface area contributed by atoms with Crippen LogP contribution in [0.25, 0.3) is 0 Å². The molecule has 1 aromatic carbocycles. The third-order valence-electron chi connectivity index (χ3n) is 1.51. The zero-order chi connectivity index (χ0) is 9.30. The Morgan fingerprint density at radius 3 is 2.67 bits per heavy atom. The van der Waals surface area contributed by atoms with E-state index < -0.39 is 5.82 Å². The Balaban J connectivity index is 3.28. The Bertz CT molecular complexity index is 301. The Labute approximate surface area is 83.8 Å². The third-order valence-corrected chi connectivity index (χ3v) is 2.37. The van der Waals surface area contributed by atoms with E-state index in [1.165, 1.54) is 6.07 Å². The normalized spacial score (nSPS) is 13.1. The van der Waals surface area contributed by atoms with Crippen molar-refractivity contribution < 1.29 is 4.39 Å². The van der Waals surface area contributed by atoms with E-state index in [0.717, 1.165) is 0 Å². The van der Waals surface area contributed by atoms with Crippen LogP contribution in [0.5, 0.6) is 0 Å². The van der Waals surface area contributed by atoms with E-state index in [0.29, 0.717) is 10.0 Å². The molecular weight excluding hydrogens is 244 g/mol. The summed E-state index contributed by atoms with van der Waals surface area (Å²) in [5, 5.41) is 0.105. The lowest BCUT2D eigenvalue weighted by molar-refractivity contribution is 0.622. The van der Waals surface area contributed by atoms with Crippen LogP contribution >= 0.6 is 27.5 Å². The topological polar surface area (TPSA) is 26.0 Å². The highest BCUT2D eigenvalue weighted by atomic mass is 79.9. The van der Waals surface area contributed by atoms with Crippen LogP contribution in [0.3, 0.4) is 0 Å². The molecule has 4 heteroatoms. The van der Waals surface area contributed by atoms with Crippen LogP contribution < -0.4 is 5.73 Å². The summed E-state index contributed by atoms with van der Waals surface area (Å²) in [5.74, 6) is -0.446. The molecule has 0 amide bonds. The zero-order valence-corrected chi connectivity index (χ0v) is 8.79. The number of hydrogen-bond acceptors (Lipinski definition) is 1. The maximum absolute atomic E-state index is 13.0. The van der Waals surface area contributed by atoms with Crippen molar-refractivity contribution in [3.8, 4) is 0 Å². The molecule has 12 heavy (non-hydrogen) atoms. The number of nitrogens with two attached hydrogens (primary N) is 1. The van der Waals surface area contributed by atoms with Crippen molar-refractivity contribution in [3.63, 3.8) is 0 Å². The lowest BCUT2D eigenvalue weighted by Gasteiger charge is -2.08. The van der Waals surface area contributed by atoms with Crippen molar-refractivity contribution >= 4 is 27.5 Å². The molecule has 1 aromatic rings. The van der Waals surface area contributed by atoms with Crippen LogP contribution in [0.4, 0.5) is 4.39 Å². The van der Waals surface area contributed by atoms with Crippen molar-refractivity contribution in [2.75, 3.05) is 0 Å². The molecule has 0 spiro atoms. The summed E-state index contributed by atoms with van der Waals surface area (Å²) in [4.78, 5) is 0. The van der Waals surface area contributed by atoms with E-state index in [1.807, 2.05) is 0 Å². The fourth-order valence-corrected chi connectivity index (χ4v) is 1.64. The van der Waals surface area contributed by atoms with Gasteiger partial charge in [-0.2, -0.15) is 0 Å². The largest absolute Gasteiger partial charge is 0.324 e. The first-order valence-electron chi connectivity index (χ1n) is 3.42. The third kappa shape index (κ3) is 1.97. The maximum atomic E-state index is 13.0. The van der Waals surface area contributed by atoms with Gasteiger partial charge in [0, 0.05) is 10.5 Å². The average Bonchev–Trinajstić information content (AvgIpc) is 1.96. The summed E-state index contributed by atoms with van der Waals surface area (Å²) in [6.07, 6.45) is 0. The van der Waals surface area contributed by atoms with Gasteiger partial charge in [-0.25, -0.2) is 4.39 Å². The number of halogens is 3. The van der Waals surface area contributed by atoms with Crippen molar-refractivity contribution in [2.24, 2.45) is 5.73 Å². The summed E-state index contributed by atoms with van der Waals surface area (Å²) in [5.41, 5.74) is 6.19. The van der Waals surface area contributed by atoms with Gasteiger partial charge in [0.25, 0.3) is 0 Å². The summed E-state index contributed by atoms with van der Waals surface area (Å²) in [7, 11) is 0. The fourth-order valence-electron chi connectivity index (χ4n) is 0.907. The molecule has 0 aliphatic heterocycles. The Kier molecular flexibility index (Phi) is 3.09. The molecule has 0 aromatic heterocycles. The standard InChI is InChI=1S/C8H8BrClFN/c1-4(12)6-2-5(9)3-7(11)8(6)10/h2-4H,12H2,1H3. The summed E-state index contributed by atoms with van der Waals surface area (Å²) in [6.45, 7) is 1.76. The Morgan fingerprint density at radius 1 is 1.58 bits per heavy atom. The highest BCUT2D eigenvalue weighted by Crippen LogP contribution is 2.28. The van der Waals surface area contributed by atoms with Gasteiger partial charge in [0.1, 0.15) is 5.82 Å². The molecule has 1 atom stereocenters. The first-order chi connectivity index (χ1) is 5.52. The fraction of sp³-hybridized carbons (Fsp3) is 0.250. The molecule has 1 unspecified atom stereocenters. The van der Waals surface area contributed by atoms with Crippen LogP contribution in [0, 0.1) is 5.82 Å². The second-order valence-electron chi connectivity index (χ2n) is 2.58. The van der Waals surface area contributed by atoms with Crippen LogP contribution in [0.1, 0.15) is 18.5 Å². The maximum Gasteiger partial charge on any atom is 0.143 e. The van der Waals surface area contributed by atoms with Gasteiger partial charge >= 0.3 is 0 Å². The Hall–Kier alpha value is -0.120. The lowest BCUT2D eigenvalue weighted by Crippen LogP contribution is -2.06. The first kappa shape index (κ1) is 9.96. The van der Waals surface area contributed by atoms with Crippen molar-refractivity contribution in [3.05, 3.63) is 33.0 Å². The second kappa shape index (κ2) is 3.73. The number of benzene rings is 1. The molecule has 0 saturated heterocycles. The van der Waals surface area contributed by atoms with Crippen LogP contribution in [-0.2, 0) is 0 Å². The number of hydrogen-bond donors (Lipinski definition) is 1. The summed E-state index contributed by atoms with van der Waals surface area (Å²) < 4.78 is 13.6. The lowest BCUT2D eigenvalue weighted by atomic mass is 10.1. The van der Waals surface area contributed by atoms with E-state index in [1.54, 1.807) is 13.0 Å². The van der Waals surface area contributed by atoms with Gasteiger partial charge in [-0.15, -0.1) is 0 Å². The van der Waals surface area contributed by atoms with E-state index >= 15 is 0 Å². The van der Waals surface area contributed by atoms with Gasteiger partial charge in [0.15, 0.2) is 0 Å². The minimum Gasteiger partial charge on any atom is -0.324 e. The van der Waals surface area contributed by atoms with Crippen molar-refractivity contribution in [2.45, 2.75) is 13.0 Å². The molecule has 0 radical (unpaired) electrons. The summed E-state index contributed by atoms with van der Waals surface area (Å²) >= 11 is 8.85. The van der Waals surface area contributed by atoms with Gasteiger partial charge in [-0.3, -0.25) is 0 Å². The zero-order valence-electron chi connectivity index (χ0n) is 6.44. The second-order valence-corrected chi connectivity index (χ2v) is 3.87. The van der Waals surface area contributed by atoms with Gasteiger partial charge in [-0.1, -0.05) is 27.5 Å². The van der Waals surface area contributed by atoms with Crippen LogP contribution in [-0.4, -0.2) is 0 Å².